The summed E-state index contributed by atoms with van der Waals surface area (Å²) in [6.45, 7) is 6.00. The summed E-state index contributed by atoms with van der Waals surface area (Å²) in [5.41, 5.74) is 2.91. The normalized spacial score (nSPS) is 20.1. The average molecular weight is 330 g/mol. The number of hydrogen-bond acceptors (Lipinski definition) is 3. The van der Waals surface area contributed by atoms with Crippen molar-refractivity contribution in [1.82, 2.24) is 20.0 Å². The van der Waals surface area contributed by atoms with Crippen molar-refractivity contribution in [3.63, 3.8) is 0 Å². The molecular formula is C18H26N4O2. The highest BCUT2D eigenvalue weighted by Gasteiger charge is 2.34. The molecule has 1 saturated carbocycles. The van der Waals surface area contributed by atoms with Gasteiger partial charge in [-0.25, -0.2) is 0 Å². The van der Waals surface area contributed by atoms with Gasteiger partial charge in [0, 0.05) is 37.0 Å². The molecule has 24 heavy (non-hydrogen) atoms. The van der Waals surface area contributed by atoms with Crippen LogP contribution in [-0.4, -0.2) is 39.1 Å². The summed E-state index contributed by atoms with van der Waals surface area (Å²) >= 11 is 0. The minimum atomic E-state index is -0.0416. The van der Waals surface area contributed by atoms with Gasteiger partial charge in [0.15, 0.2) is 0 Å². The fourth-order valence-corrected chi connectivity index (χ4v) is 3.64. The molecule has 2 amide bonds. The monoisotopic (exact) mass is 330 g/mol. The highest BCUT2D eigenvalue weighted by Crippen LogP contribution is 2.32. The molecule has 0 bridgehead atoms. The minimum absolute atomic E-state index is 0.0191. The maximum atomic E-state index is 12.7. The Morgan fingerprint density at radius 3 is 2.96 bits per heavy atom. The fraction of sp³-hybridized carbons (Fsp3) is 0.611. The van der Waals surface area contributed by atoms with Gasteiger partial charge in [-0.15, -0.1) is 0 Å². The molecule has 0 saturated heterocycles. The summed E-state index contributed by atoms with van der Waals surface area (Å²) in [6, 6.07) is 0.173. The van der Waals surface area contributed by atoms with E-state index in [1.54, 1.807) is 11.1 Å². The molecule has 1 atom stereocenters. The van der Waals surface area contributed by atoms with Crippen LogP contribution in [0.2, 0.25) is 0 Å². The van der Waals surface area contributed by atoms with Crippen LogP contribution in [0, 0.1) is 0 Å². The van der Waals surface area contributed by atoms with Crippen molar-refractivity contribution >= 4 is 11.8 Å². The molecule has 2 heterocycles. The molecule has 0 radical (unpaired) electrons. The molecular weight excluding hydrogens is 304 g/mol. The van der Waals surface area contributed by atoms with Crippen LogP contribution in [0.5, 0.6) is 0 Å². The smallest absolute Gasteiger partial charge is 0.248 e. The number of nitrogens with zero attached hydrogens (tertiary/aromatic N) is 3. The van der Waals surface area contributed by atoms with E-state index in [1.807, 2.05) is 24.7 Å². The molecule has 1 aromatic heterocycles. The van der Waals surface area contributed by atoms with Gasteiger partial charge in [0.1, 0.15) is 0 Å². The van der Waals surface area contributed by atoms with E-state index < -0.39 is 0 Å². The number of hydrogen-bond donors (Lipinski definition) is 1. The lowest BCUT2D eigenvalue weighted by Crippen LogP contribution is -2.32. The third-order valence-corrected chi connectivity index (χ3v) is 5.02. The van der Waals surface area contributed by atoms with Crippen molar-refractivity contribution < 1.29 is 9.59 Å². The Labute approximate surface area is 142 Å². The lowest BCUT2D eigenvalue weighted by molar-refractivity contribution is -0.131. The zero-order valence-electron chi connectivity index (χ0n) is 14.5. The molecule has 1 unspecified atom stereocenters. The molecule has 2 aliphatic rings. The number of amides is 2. The van der Waals surface area contributed by atoms with Gasteiger partial charge >= 0.3 is 0 Å². The first-order valence-electron chi connectivity index (χ1n) is 8.94. The van der Waals surface area contributed by atoms with Gasteiger partial charge in [-0.1, -0.05) is 6.42 Å². The lowest BCUT2D eigenvalue weighted by Gasteiger charge is -2.22. The van der Waals surface area contributed by atoms with E-state index in [-0.39, 0.29) is 24.3 Å². The molecule has 1 aliphatic carbocycles. The maximum absolute atomic E-state index is 12.7. The second-order valence-electron chi connectivity index (χ2n) is 6.56. The summed E-state index contributed by atoms with van der Waals surface area (Å²) in [6.07, 6.45) is 8.21. The van der Waals surface area contributed by atoms with Crippen molar-refractivity contribution in [2.45, 2.75) is 65.1 Å². The zero-order chi connectivity index (χ0) is 17.1. The standard InChI is InChI=1S/C18H26N4O2/c1-3-21(11-13-10-19-22(4-2)12-13)17(23)9-15-14-7-5-6-8-16(14)20-18(15)24/h10,12,16H,3-9,11H2,1-2H3,(H,20,24). The molecule has 130 valence electrons. The largest absolute Gasteiger partial charge is 0.346 e. The summed E-state index contributed by atoms with van der Waals surface area (Å²) in [4.78, 5) is 26.7. The highest BCUT2D eigenvalue weighted by atomic mass is 16.2. The number of aryl methyl sites for hydroxylation is 1. The first-order chi connectivity index (χ1) is 11.6. The van der Waals surface area contributed by atoms with Crippen LogP contribution < -0.4 is 5.32 Å². The van der Waals surface area contributed by atoms with Gasteiger partial charge in [0.05, 0.1) is 18.7 Å². The van der Waals surface area contributed by atoms with Crippen LogP contribution in [0.4, 0.5) is 0 Å². The van der Waals surface area contributed by atoms with Gasteiger partial charge in [0.2, 0.25) is 11.8 Å². The topological polar surface area (TPSA) is 67.2 Å². The Morgan fingerprint density at radius 2 is 2.25 bits per heavy atom. The van der Waals surface area contributed by atoms with Crippen molar-refractivity contribution in [3.05, 3.63) is 29.1 Å². The van der Waals surface area contributed by atoms with E-state index in [1.165, 1.54) is 5.57 Å². The van der Waals surface area contributed by atoms with E-state index in [0.29, 0.717) is 18.7 Å². The second-order valence-corrected chi connectivity index (χ2v) is 6.56. The summed E-state index contributed by atoms with van der Waals surface area (Å²) in [5, 5.41) is 7.29. The second kappa shape index (κ2) is 7.20. The Bertz CT molecular complexity index is 662. The number of carbonyl (C=O) groups excluding carboxylic acids is 2. The molecule has 6 heteroatoms. The first-order valence-corrected chi connectivity index (χ1v) is 8.94. The van der Waals surface area contributed by atoms with Crippen LogP contribution in [-0.2, 0) is 22.7 Å². The van der Waals surface area contributed by atoms with Gasteiger partial charge in [-0.3, -0.25) is 14.3 Å². The fourth-order valence-electron chi connectivity index (χ4n) is 3.64. The molecule has 0 aromatic carbocycles. The molecule has 0 spiro atoms. The molecule has 6 nitrogen and oxygen atoms in total. The average Bonchev–Trinajstić information content (AvgIpc) is 3.17. The van der Waals surface area contributed by atoms with E-state index in [0.717, 1.165) is 37.8 Å². The Kier molecular flexibility index (Phi) is 5.02. The number of rotatable bonds is 6. The molecule has 1 aromatic rings. The predicted molar refractivity (Wildman–Crippen MR) is 91.0 cm³/mol. The van der Waals surface area contributed by atoms with E-state index >= 15 is 0 Å². The van der Waals surface area contributed by atoms with Crippen molar-refractivity contribution in [1.29, 1.82) is 0 Å². The van der Waals surface area contributed by atoms with Gasteiger partial charge in [-0.2, -0.15) is 5.10 Å². The SMILES string of the molecule is CCN(Cc1cnn(CC)c1)C(=O)CC1=C2CCCCC2NC1=O. The number of nitrogens with one attached hydrogen (secondary N) is 1. The van der Waals surface area contributed by atoms with Crippen molar-refractivity contribution in [2.24, 2.45) is 0 Å². The third kappa shape index (κ3) is 3.37. The zero-order valence-corrected chi connectivity index (χ0v) is 14.5. The van der Waals surface area contributed by atoms with Crippen molar-refractivity contribution in [3.8, 4) is 0 Å². The van der Waals surface area contributed by atoms with Crippen LogP contribution in [0.25, 0.3) is 0 Å². The third-order valence-electron chi connectivity index (χ3n) is 5.02. The van der Waals surface area contributed by atoms with E-state index in [2.05, 4.69) is 10.4 Å². The number of carbonyl (C=O) groups is 2. The van der Waals surface area contributed by atoms with Crippen LogP contribution in [0.3, 0.4) is 0 Å². The lowest BCUT2D eigenvalue weighted by atomic mass is 9.88. The molecule has 1 N–H and O–H groups in total. The molecule has 1 aliphatic heterocycles. The number of fused-ring (bicyclic) bond motifs is 1. The van der Waals surface area contributed by atoms with Gasteiger partial charge in [0.25, 0.3) is 0 Å². The number of aromatic nitrogens is 2. The Hall–Kier alpha value is -2.11. The van der Waals surface area contributed by atoms with E-state index in [4.69, 9.17) is 0 Å². The van der Waals surface area contributed by atoms with Gasteiger partial charge < -0.3 is 10.2 Å². The van der Waals surface area contributed by atoms with Crippen LogP contribution in [0.1, 0.15) is 51.5 Å². The summed E-state index contributed by atoms with van der Waals surface area (Å²) < 4.78 is 1.86. The molecule has 3 rings (SSSR count). The highest BCUT2D eigenvalue weighted by molar-refractivity contribution is 6.02. The predicted octanol–water partition coefficient (Wildman–Crippen LogP) is 2.01. The summed E-state index contributed by atoms with van der Waals surface area (Å²) in [5.74, 6) is -0.0225. The van der Waals surface area contributed by atoms with E-state index in [9.17, 15) is 9.59 Å². The van der Waals surface area contributed by atoms with Crippen molar-refractivity contribution in [2.75, 3.05) is 6.54 Å². The first kappa shape index (κ1) is 16.7. The maximum Gasteiger partial charge on any atom is 0.248 e. The van der Waals surface area contributed by atoms with Crippen LogP contribution >= 0.6 is 0 Å². The Balaban J connectivity index is 1.69. The molecule has 1 fully saturated rings. The van der Waals surface area contributed by atoms with Crippen LogP contribution in [0.15, 0.2) is 23.5 Å². The quantitative estimate of drug-likeness (QED) is 0.867. The summed E-state index contributed by atoms with van der Waals surface area (Å²) in [7, 11) is 0. The Morgan fingerprint density at radius 1 is 1.42 bits per heavy atom. The van der Waals surface area contributed by atoms with Gasteiger partial charge in [-0.05, 0) is 38.7 Å². The minimum Gasteiger partial charge on any atom is -0.346 e.